The Balaban J connectivity index is 0.000000175. The molecule has 104 heavy (non-hydrogen) atoms. The number of amides is 6. The van der Waals surface area contributed by atoms with E-state index < -0.39 is 0 Å². The van der Waals surface area contributed by atoms with Crippen molar-refractivity contribution in [2.24, 2.45) is 35.5 Å². The molecule has 6 N–H and O–H groups in total. The van der Waals surface area contributed by atoms with E-state index in [0.717, 1.165) is 234 Å². The molecule has 24 heteroatoms. The summed E-state index contributed by atoms with van der Waals surface area (Å²) >= 11 is 0. The molecule has 0 spiro atoms. The second-order valence-corrected chi connectivity index (χ2v) is 33.1. The number of nitrogens with zero attached hydrogens (tertiary/aromatic N) is 6. The van der Waals surface area contributed by atoms with Gasteiger partial charge in [-0.05, 0) is 219 Å². The highest BCUT2D eigenvalue weighted by Crippen LogP contribution is 2.28. The molecule has 12 aliphatic rings. The summed E-state index contributed by atoms with van der Waals surface area (Å²) < 4.78 is 33.7. The quantitative estimate of drug-likeness (QED) is 0.0768. The summed E-state index contributed by atoms with van der Waals surface area (Å²) in [5.41, 5.74) is 0. The van der Waals surface area contributed by atoms with E-state index in [1.165, 1.54) is 51.4 Å². The third-order valence-electron chi connectivity index (χ3n) is 24.0. The van der Waals surface area contributed by atoms with Gasteiger partial charge < -0.3 is 89.7 Å². The third-order valence-corrected chi connectivity index (χ3v) is 24.0. The van der Waals surface area contributed by atoms with Crippen LogP contribution in [-0.4, -0.2) is 298 Å². The Morgan fingerprint density at radius 1 is 0.250 bits per heavy atom. The van der Waals surface area contributed by atoms with Gasteiger partial charge in [0.25, 0.3) is 0 Å². The fourth-order valence-corrected chi connectivity index (χ4v) is 16.6. The topological polar surface area (TPSA) is 253 Å². The lowest BCUT2D eigenvalue weighted by molar-refractivity contribution is -0.138. The molecule has 18 atom stereocenters. The van der Waals surface area contributed by atoms with E-state index in [2.05, 4.69) is 73.4 Å². The Labute approximate surface area is 628 Å². The zero-order valence-corrected chi connectivity index (χ0v) is 67.1. The summed E-state index contributed by atoms with van der Waals surface area (Å²) in [4.78, 5) is 86.0. The fourth-order valence-electron chi connectivity index (χ4n) is 16.6. The first kappa shape index (κ1) is 87.6. The first-order valence-electron chi connectivity index (χ1n) is 41.7. The van der Waals surface area contributed by atoms with Crippen LogP contribution in [0.15, 0.2) is 0 Å². The maximum absolute atomic E-state index is 12.5. The molecule has 6 amide bonds. The SMILES string of the molecule is CNC1CC(C)CCN(CC2CCCCCO2)C1=O.CNC1CC(C)CCN(CC2CCCCCO2)C1=O.CNC1CC(C)CCN(CC2CCCCO2)C1=O.CNC1CC(C)CCN(CC2CCCO2)C1=O.CNC1CC(C)CCN(CC2CCO2)C1=O.CNC1CC(C)CCN(CC2CO2)C1=O. The number of hydrogen-bond donors (Lipinski definition) is 6. The molecule has 18 unspecified atom stereocenters. The Morgan fingerprint density at radius 3 is 0.635 bits per heavy atom. The number of nitrogens with one attached hydrogen (secondary N) is 6. The number of hydrogen-bond acceptors (Lipinski definition) is 18. The van der Waals surface area contributed by atoms with Crippen LogP contribution in [0.1, 0.15) is 208 Å². The van der Waals surface area contributed by atoms with Gasteiger partial charge in [-0.1, -0.05) is 67.2 Å². The minimum atomic E-state index is -0.0109. The second kappa shape index (κ2) is 47.4. The molecule has 24 nitrogen and oxygen atoms in total. The predicted octanol–water partition coefficient (Wildman–Crippen LogP) is 6.85. The first-order valence-corrected chi connectivity index (χ1v) is 41.7. The molecule has 12 heterocycles. The number of epoxide rings is 1. The van der Waals surface area contributed by atoms with Crippen LogP contribution in [0.4, 0.5) is 0 Å². The van der Waals surface area contributed by atoms with Gasteiger partial charge in [0.1, 0.15) is 0 Å². The summed E-state index contributed by atoms with van der Waals surface area (Å²) in [6, 6.07) is -0.0367. The molecule has 0 bridgehead atoms. The molecule has 0 saturated carbocycles. The highest BCUT2D eigenvalue weighted by molar-refractivity contribution is 5.84. The highest BCUT2D eigenvalue weighted by Gasteiger charge is 2.38. The van der Waals surface area contributed by atoms with Crippen molar-refractivity contribution < 1.29 is 57.2 Å². The van der Waals surface area contributed by atoms with Crippen molar-refractivity contribution >= 4 is 35.4 Å². The van der Waals surface area contributed by atoms with E-state index in [4.69, 9.17) is 28.4 Å². The summed E-state index contributed by atoms with van der Waals surface area (Å²) in [7, 11) is 11.3. The molecule has 0 aliphatic carbocycles. The molecule has 600 valence electrons. The van der Waals surface area contributed by atoms with Gasteiger partial charge in [0.05, 0.1) is 79.5 Å². The van der Waals surface area contributed by atoms with Crippen LogP contribution in [0.5, 0.6) is 0 Å². The van der Waals surface area contributed by atoms with Crippen LogP contribution in [0, 0.1) is 35.5 Å². The van der Waals surface area contributed by atoms with E-state index in [-0.39, 0.29) is 102 Å². The smallest absolute Gasteiger partial charge is 0.239 e. The van der Waals surface area contributed by atoms with Crippen molar-refractivity contribution in [1.82, 2.24) is 61.3 Å². The van der Waals surface area contributed by atoms with Gasteiger partial charge in [-0.15, -0.1) is 0 Å². The molecular weight excluding hydrogens is 1320 g/mol. The zero-order chi connectivity index (χ0) is 74.9. The summed E-state index contributed by atoms with van der Waals surface area (Å²) in [5.74, 6) is 5.24. The van der Waals surface area contributed by atoms with Gasteiger partial charge >= 0.3 is 0 Å². The van der Waals surface area contributed by atoms with Crippen LogP contribution >= 0.6 is 0 Å². The normalized spacial score (nSPS) is 34.8. The molecule has 12 fully saturated rings. The van der Waals surface area contributed by atoms with E-state index in [1.807, 2.05) is 71.7 Å². The fraction of sp³-hybridized carbons (Fsp3) is 0.925. The number of likely N-dealkylation sites (tertiary alicyclic amines) is 6. The maximum atomic E-state index is 12.5. The van der Waals surface area contributed by atoms with Crippen LogP contribution < -0.4 is 31.9 Å². The van der Waals surface area contributed by atoms with Crippen LogP contribution in [0.2, 0.25) is 0 Å². The molecule has 12 rings (SSSR count). The maximum Gasteiger partial charge on any atom is 0.239 e. The Bertz CT molecular complexity index is 2400. The lowest BCUT2D eigenvalue weighted by Crippen LogP contribution is -2.48. The number of likely N-dealkylation sites (N-methyl/N-ethyl adjacent to an activating group) is 6. The van der Waals surface area contributed by atoms with Crippen molar-refractivity contribution in [1.29, 1.82) is 0 Å². The zero-order valence-electron chi connectivity index (χ0n) is 67.1. The van der Waals surface area contributed by atoms with Crippen LogP contribution in [-0.2, 0) is 57.2 Å². The number of carbonyl (C=O) groups excluding carboxylic acids is 6. The lowest BCUT2D eigenvalue weighted by Gasteiger charge is -2.33. The minimum Gasteiger partial charge on any atom is -0.376 e. The lowest BCUT2D eigenvalue weighted by atomic mass is 10.0. The average Bonchev–Trinajstić information content (AvgIpc) is 1.69. The molecular formula is C80H148N12O12. The van der Waals surface area contributed by atoms with Crippen molar-refractivity contribution in [3.8, 4) is 0 Å². The molecule has 0 aromatic carbocycles. The van der Waals surface area contributed by atoms with Crippen LogP contribution in [0.3, 0.4) is 0 Å². The first-order chi connectivity index (χ1) is 50.2. The van der Waals surface area contributed by atoms with Crippen molar-refractivity contribution in [3.05, 3.63) is 0 Å². The van der Waals surface area contributed by atoms with E-state index >= 15 is 0 Å². The largest absolute Gasteiger partial charge is 0.376 e. The molecule has 0 aromatic heterocycles. The Kier molecular flexibility index (Phi) is 39.9. The molecule has 12 aliphatic heterocycles. The summed E-state index contributed by atoms with van der Waals surface area (Å²) in [6.07, 6.45) is 30.4. The van der Waals surface area contributed by atoms with Gasteiger partial charge in [0.15, 0.2) is 0 Å². The number of rotatable bonds is 18. The van der Waals surface area contributed by atoms with Gasteiger partial charge in [0.2, 0.25) is 35.4 Å². The van der Waals surface area contributed by atoms with Gasteiger partial charge in [-0.2, -0.15) is 0 Å². The van der Waals surface area contributed by atoms with Crippen molar-refractivity contribution in [2.75, 3.05) is 160 Å². The molecule has 0 radical (unpaired) electrons. The molecule has 12 saturated heterocycles. The summed E-state index contributed by atoms with van der Waals surface area (Å²) in [5, 5.41) is 18.9. The number of carbonyl (C=O) groups is 6. The standard InChI is InChI=1S/2C15H28N2O2.C14H26N2O2.C13H24N2O2.C12H22N2O2.C11H20N2O2/c2*1-12-7-8-17(15(18)14(10-12)16-2)11-13-6-4-3-5-9-19-13;1-11-6-7-16(14(17)13(9-11)15-2)10-12-5-3-4-8-18-12;1-10-5-6-15(9-11-4-3-7-17-11)13(16)12(8-10)14-2;1-9-3-5-14(8-10-4-6-16-10)12(15)11(7-9)13-2;1-8-3-4-13(6-9-7-15-9)11(14)10(5-8)12-2/h2*12-14,16H,3-11H2,1-2H3;11-13,15H,3-10H2,1-2H3;10-12,14H,3-9H2,1-2H3;9-11,13H,3-8H2,1-2H3;8-10,12H,3-7H2,1-2H3. The molecule has 0 aromatic rings. The monoisotopic (exact) mass is 1470 g/mol. The van der Waals surface area contributed by atoms with Gasteiger partial charge in [-0.25, -0.2) is 0 Å². The predicted molar refractivity (Wildman–Crippen MR) is 410 cm³/mol. The van der Waals surface area contributed by atoms with E-state index in [0.29, 0.717) is 41.6 Å². The van der Waals surface area contributed by atoms with E-state index in [9.17, 15) is 28.8 Å². The van der Waals surface area contributed by atoms with Gasteiger partial charge in [0, 0.05) is 112 Å². The second-order valence-electron chi connectivity index (χ2n) is 33.1. The number of ether oxygens (including phenoxy) is 6. The highest BCUT2D eigenvalue weighted by atomic mass is 16.6. The summed E-state index contributed by atoms with van der Waals surface area (Å²) in [6.45, 7) is 28.5. The minimum absolute atomic E-state index is 0.00116. The van der Waals surface area contributed by atoms with E-state index in [1.54, 1.807) is 0 Å². The van der Waals surface area contributed by atoms with Crippen molar-refractivity contribution in [2.45, 2.75) is 281 Å². The van der Waals surface area contributed by atoms with Gasteiger partial charge in [-0.3, -0.25) is 28.8 Å². The van der Waals surface area contributed by atoms with Crippen LogP contribution in [0.25, 0.3) is 0 Å². The third kappa shape index (κ3) is 30.0. The Morgan fingerprint density at radius 2 is 0.442 bits per heavy atom. The van der Waals surface area contributed by atoms with Crippen molar-refractivity contribution in [3.63, 3.8) is 0 Å². The Hall–Kier alpha value is -3.66. The average molecular weight is 1470 g/mol.